The van der Waals surface area contributed by atoms with Crippen LogP contribution in [0.5, 0.6) is 0 Å². The first-order valence-electron chi connectivity index (χ1n) is 8.06. The molecule has 0 aromatic heterocycles. The molecule has 22 heavy (non-hydrogen) atoms. The molecule has 1 aromatic rings. The summed E-state index contributed by atoms with van der Waals surface area (Å²) in [7, 11) is -3.44. The molecule has 1 N–H and O–H groups in total. The fraction of sp³-hybridized carbons (Fsp3) is 0.625. The summed E-state index contributed by atoms with van der Waals surface area (Å²) in [5.74, 6) is 0. The van der Waals surface area contributed by atoms with Crippen LogP contribution >= 0.6 is 0 Å². The van der Waals surface area contributed by atoms with Crippen molar-refractivity contribution < 1.29 is 13.2 Å². The molecule has 1 aliphatic heterocycles. The number of ether oxygens (including phenoxy) is 1. The van der Waals surface area contributed by atoms with Crippen LogP contribution in [-0.4, -0.2) is 51.7 Å². The third-order valence-electron chi connectivity index (χ3n) is 4.60. The quantitative estimate of drug-likeness (QED) is 0.914. The molecule has 3 rings (SSSR count). The monoisotopic (exact) mass is 324 g/mol. The van der Waals surface area contributed by atoms with Crippen LogP contribution in [0, 0.1) is 0 Å². The molecule has 0 amide bonds. The van der Waals surface area contributed by atoms with Gasteiger partial charge in [0, 0.05) is 25.2 Å². The van der Waals surface area contributed by atoms with E-state index in [-0.39, 0.29) is 12.1 Å². The van der Waals surface area contributed by atoms with Gasteiger partial charge < -0.3 is 4.74 Å². The molecule has 0 bridgehead atoms. The molecule has 2 aliphatic rings. The van der Waals surface area contributed by atoms with Crippen molar-refractivity contribution >= 4 is 10.0 Å². The van der Waals surface area contributed by atoms with Crippen molar-refractivity contribution in [3.8, 4) is 0 Å². The number of hydrogen-bond donors (Lipinski definition) is 1. The maximum atomic E-state index is 12.6. The van der Waals surface area contributed by atoms with Gasteiger partial charge in [0.05, 0.1) is 18.1 Å². The SMILES string of the molecule is O=S(=O)(N[C@@H]1CCCC[C@H]1N1CCOCC1)c1ccccc1. The second kappa shape index (κ2) is 7.08. The molecule has 6 heteroatoms. The fourth-order valence-electron chi connectivity index (χ4n) is 3.46. The fourth-order valence-corrected chi connectivity index (χ4v) is 4.79. The van der Waals surface area contributed by atoms with Crippen LogP contribution in [0.2, 0.25) is 0 Å². The molecule has 1 saturated heterocycles. The van der Waals surface area contributed by atoms with Crippen LogP contribution in [0.25, 0.3) is 0 Å². The maximum absolute atomic E-state index is 12.6. The lowest BCUT2D eigenvalue weighted by atomic mass is 9.89. The van der Waals surface area contributed by atoms with Crippen molar-refractivity contribution in [3.05, 3.63) is 30.3 Å². The summed E-state index contributed by atoms with van der Waals surface area (Å²) in [5.41, 5.74) is 0. The Morgan fingerprint density at radius 3 is 2.45 bits per heavy atom. The number of benzene rings is 1. The zero-order valence-corrected chi connectivity index (χ0v) is 13.6. The summed E-state index contributed by atoms with van der Waals surface area (Å²) in [6.45, 7) is 3.28. The molecule has 1 heterocycles. The molecular formula is C16H24N2O3S. The number of nitrogens with one attached hydrogen (secondary N) is 1. The first-order chi connectivity index (χ1) is 10.7. The largest absolute Gasteiger partial charge is 0.379 e. The summed E-state index contributed by atoms with van der Waals surface area (Å²) in [6, 6.07) is 8.93. The van der Waals surface area contributed by atoms with Gasteiger partial charge in [-0.1, -0.05) is 31.0 Å². The Morgan fingerprint density at radius 2 is 1.73 bits per heavy atom. The Kier molecular flexibility index (Phi) is 5.13. The molecule has 1 saturated carbocycles. The molecule has 5 nitrogen and oxygen atoms in total. The van der Waals surface area contributed by atoms with Crippen molar-refractivity contribution in [3.63, 3.8) is 0 Å². The summed E-state index contributed by atoms with van der Waals surface area (Å²) in [5, 5.41) is 0. The van der Waals surface area contributed by atoms with E-state index in [1.165, 1.54) is 6.42 Å². The van der Waals surface area contributed by atoms with Gasteiger partial charge in [-0.3, -0.25) is 4.90 Å². The van der Waals surface area contributed by atoms with Crippen molar-refractivity contribution in [1.82, 2.24) is 9.62 Å². The standard InChI is InChI=1S/C16H24N2O3S/c19-22(20,14-6-2-1-3-7-14)17-15-8-4-5-9-16(15)18-10-12-21-13-11-18/h1-3,6-7,15-17H,4-5,8-13H2/t15-,16-/m1/s1. The second-order valence-electron chi connectivity index (χ2n) is 6.04. The van der Waals surface area contributed by atoms with Crippen LogP contribution in [0.15, 0.2) is 35.2 Å². The number of rotatable bonds is 4. The minimum absolute atomic E-state index is 0.00273. The molecular weight excluding hydrogens is 300 g/mol. The van der Waals surface area contributed by atoms with Gasteiger partial charge in [-0.2, -0.15) is 0 Å². The highest BCUT2D eigenvalue weighted by Gasteiger charge is 2.33. The van der Waals surface area contributed by atoms with E-state index in [0.29, 0.717) is 4.90 Å². The minimum Gasteiger partial charge on any atom is -0.379 e. The first kappa shape index (κ1) is 15.9. The predicted octanol–water partition coefficient (Wildman–Crippen LogP) is 1.61. The molecule has 2 fully saturated rings. The Hall–Kier alpha value is -0.950. The van der Waals surface area contributed by atoms with Gasteiger partial charge in [0.1, 0.15) is 0 Å². The van der Waals surface area contributed by atoms with E-state index in [2.05, 4.69) is 9.62 Å². The average Bonchev–Trinajstić information content (AvgIpc) is 2.57. The number of sulfonamides is 1. The highest BCUT2D eigenvalue weighted by atomic mass is 32.2. The topological polar surface area (TPSA) is 58.6 Å². The smallest absolute Gasteiger partial charge is 0.240 e. The van der Waals surface area contributed by atoms with Gasteiger partial charge in [-0.05, 0) is 25.0 Å². The summed E-state index contributed by atoms with van der Waals surface area (Å²) < 4.78 is 33.5. The number of hydrogen-bond acceptors (Lipinski definition) is 4. The second-order valence-corrected chi connectivity index (χ2v) is 7.75. The van der Waals surface area contributed by atoms with Gasteiger partial charge in [0.25, 0.3) is 0 Å². The van der Waals surface area contributed by atoms with Gasteiger partial charge in [-0.25, -0.2) is 13.1 Å². The Balaban J connectivity index is 1.73. The first-order valence-corrected chi connectivity index (χ1v) is 9.54. The number of morpholine rings is 1. The lowest BCUT2D eigenvalue weighted by Gasteiger charge is -2.41. The van der Waals surface area contributed by atoms with Crippen molar-refractivity contribution in [2.75, 3.05) is 26.3 Å². The van der Waals surface area contributed by atoms with E-state index in [1.807, 2.05) is 6.07 Å². The third kappa shape index (κ3) is 3.68. The van der Waals surface area contributed by atoms with Crippen molar-refractivity contribution in [2.24, 2.45) is 0 Å². The zero-order valence-electron chi connectivity index (χ0n) is 12.8. The van der Waals surface area contributed by atoms with Crippen LogP contribution in [0.1, 0.15) is 25.7 Å². The Morgan fingerprint density at radius 1 is 1.05 bits per heavy atom. The Labute approximate surface area is 132 Å². The predicted molar refractivity (Wildman–Crippen MR) is 85.2 cm³/mol. The van der Waals surface area contributed by atoms with Crippen LogP contribution in [-0.2, 0) is 14.8 Å². The van der Waals surface area contributed by atoms with E-state index in [4.69, 9.17) is 4.74 Å². The average molecular weight is 324 g/mol. The minimum atomic E-state index is -3.44. The molecule has 1 aromatic carbocycles. The van der Waals surface area contributed by atoms with Gasteiger partial charge >= 0.3 is 0 Å². The molecule has 2 atom stereocenters. The van der Waals surface area contributed by atoms with Crippen molar-refractivity contribution in [1.29, 1.82) is 0 Å². The van der Waals surface area contributed by atoms with E-state index in [1.54, 1.807) is 24.3 Å². The molecule has 1 aliphatic carbocycles. The maximum Gasteiger partial charge on any atom is 0.240 e. The van der Waals surface area contributed by atoms with Crippen molar-refractivity contribution in [2.45, 2.75) is 42.7 Å². The highest BCUT2D eigenvalue weighted by Crippen LogP contribution is 2.25. The Bertz CT molecular complexity index is 570. The van der Waals surface area contributed by atoms with E-state index in [0.717, 1.165) is 45.6 Å². The van der Waals surface area contributed by atoms with Crippen LogP contribution in [0.4, 0.5) is 0 Å². The van der Waals surface area contributed by atoms with Crippen LogP contribution in [0.3, 0.4) is 0 Å². The van der Waals surface area contributed by atoms with E-state index < -0.39 is 10.0 Å². The van der Waals surface area contributed by atoms with E-state index >= 15 is 0 Å². The van der Waals surface area contributed by atoms with E-state index in [9.17, 15) is 8.42 Å². The third-order valence-corrected chi connectivity index (χ3v) is 6.11. The summed E-state index contributed by atoms with van der Waals surface area (Å²) in [4.78, 5) is 2.74. The molecule has 0 spiro atoms. The van der Waals surface area contributed by atoms with Crippen LogP contribution < -0.4 is 4.72 Å². The normalized spacial score (nSPS) is 27.6. The van der Waals surface area contributed by atoms with Gasteiger partial charge in [-0.15, -0.1) is 0 Å². The number of nitrogens with zero attached hydrogens (tertiary/aromatic N) is 1. The lowest BCUT2D eigenvalue weighted by Crippen LogP contribution is -2.55. The highest BCUT2D eigenvalue weighted by molar-refractivity contribution is 7.89. The molecule has 122 valence electrons. The van der Waals surface area contributed by atoms with Gasteiger partial charge in [0.15, 0.2) is 0 Å². The lowest BCUT2D eigenvalue weighted by molar-refractivity contribution is 0.00211. The zero-order chi connectivity index (χ0) is 15.4. The van der Waals surface area contributed by atoms with Gasteiger partial charge in [0.2, 0.25) is 10.0 Å². The summed E-state index contributed by atoms with van der Waals surface area (Å²) >= 11 is 0. The molecule has 0 radical (unpaired) electrons. The molecule has 0 unspecified atom stereocenters. The summed E-state index contributed by atoms with van der Waals surface area (Å²) in [6.07, 6.45) is 4.23.